The zero-order valence-corrected chi connectivity index (χ0v) is 17.2. The molecule has 7 heteroatoms. The van der Waals surface area contributed by atoms with Crippen molar-refractivity contribution in [2.45, 2.75) is 52.6 Å². The van der Waals surface area contributed by atoms with E-state index in [0.29, 0.717) is 12.3 Å². The second-order valence-electron chi connectivity index (χ2n) is 7.84. The molecule has 1 aliphatic rings. The third kappa shape index (κ3) is 4.62. The fourth-order valence-electron chi connectivity index (χ4n) is 3.97. The van der Waals surface area contributed by atoms with Crippen LogP contribution in [-0.2, 0) is 24.3 Å². The number of rotatable bonds is 6. The second kappa shape index (κ2) is 8.69. The lowest BCUT2D eigenvalue weighted by molar-refractivity contribution is -0.120. The highest BCUT2D eigenvalue weighted by molar-refractivity contribution is 5.79. The Morgan fingerprint density at radius 2 is 1.79 bits per heavy atom. The van der Waals surface area contributed by atoms with Gasteiger partial charge in [-0.3, -0.25) is 9.69 Å². The number of benzene rings is 1. The van der Waals surface area contributed by atoms with Gasteiger partial charge in [0.2, 0.25) is 5.91 Å². The third-order valence-corrected chi connectivity index (χ3v) is 5.69. The van der Waals surface area contributed by atoms with Crippen LogP contribution < -0.4 is 5.32 Å². The summed E-state index contributed by atoms with van der Waals surface area (Å²) in [6.07, 6.45) is 5.74. The summed E-state index contributed by atoms with van der Waals surface area (Å²) in [5.41, 5.74) is 5.07. The standard InChI is InChI=1S/C22H28N6O/c1-16-20(17(2)28-22(26-16)24-15-25-28)12-21(29)23-13-18-6-8-19(9-7-18)14-27-10-4-3-5-11-27/h6-9,15H,3-5,10-14H2,1-2H3,(H,23,29). The van der Waals surface area contributed by atoms with E-state index in [1.807, 2.05) is 13.8 Å². The highest BCUT2D eigenvalue weighted by Crippen LogP contribution is 2.15. The van der Waals surface area contributed by atoms with Crippen LogP contribution in [0.5, 0.6) is 0 Å². The number of fused-ring (bicyclic) bond motifs is 1. The predicted octanol–water partition coefficient (Wildman–Crippen LogP) is 2.59. The largest absolute Gasteiger partial charge is 0.352 e. The number of amides is 1. The predicted molar refractivity (Wildman–Crippen MR) is 111 cm³/mol. The number of carbonyl (C=O) groups excluding carboxylic acids is 1. The van der Waals surface area contributed by atoms with Crippen LogP contribution in [0.15, 0.2) is 30.6 Å². The molecule has 1 aromatic carbocycles. The molecule has 1 saturated heterocycles. The molecular formula is C22H28N6O. The zero-order chi connectivity index (χ0) is 20.2. The van der Waals surface area contributed by atoms with E-state index in [2.05, 4.69) is 49.5 Å². The lowest BCUT2D eigenvalue weighted by Crippen LogP contribution is -2.29. The number of hydrogen-bond donors (Lipinski definition) is 1. The summed E-state index contributed by atoms with van der Waals surface area (Å²) < 4.78 is 1.68. The molecule has 4 rings (SSSR count). The molecule has 1 amide bonds. The molecule has 0 bridgehead atoms. The lowest BCUT2D eigenvalue weighted by Gasteiger charge is -2.26. The fraction of sp³-hybridized carbons (Fsp3) is 0.455. The number of likely N-dealkylation sites (tertiary alicyclic amines) is 1. The lowest BCUT2D eigenvalue weighted by atomic mass is 10.1. The first-order valence-electron chi connectivity index (χ1n) is 10.3. The summed E-state index contributed by atoms with van der Waals surface area (Å²) in [5.74, 6) is 0.545. The number of aryl methyl sites for hydroxylation is 2. The average molecular weight is 393 g/mol. The van der Waals surface area contributed by atoms with Crippen LogP contribution in [-0.4, -0.2) is 43.5 Å². The van der Waals surface area contributed by atoms with E-state index in [1.165, 1.54) is 44.2 Å². The van der Waals surface area contributed by atoms with Gasteiger partial charge in [-0.05, 0) is 50.9 Å². The molecule has 3 heterocycles. The molecular weight excluding hydrogens is 364 g/mol. The van der Waals surface area contributed by atoms with E-state index in [1.54, 1.807) is 4.52 Å². The van der Waals surface area contributed by atoms with Gasteiger partial charge in [-0.1, -0.05) is 30.7 Å². The first kappa shape index (κ1) is 19.5. The summed E-state index contributed by atoms with van der Waals surface area (Å²) in [7, 11) is 0. The van der Waals surface area contributed by atoms with Crippen LogP contribution in [0.3, 0.4) is 0 Å². The van der Waals surface area contributed by atoms with Crippen LogP contribution >= 0.6 is 0 Å². The van der Waals surface area contributed by atoms with E-state index in [4.69, 9.17) is 0 Å². The quantitative estimate of drug-likeness (QED) is 0.698. The third-order valence-electron chi connectivity index (χ3n) is 5.69. The number of hydrogen-bond acceptors (Lipinski definition) is 5. The maximum absolute atomic E-state index is 12.5. The Bertz CT molecular complexity index is 988. The van der Waals surface area contributed by atoms with Gasteiger partial charge in [0.05, 0.1) is 6.42 Å². The van der Waals surface area contributed by atoms with Crippen LogP contribution in [0, 0.1) is 13.8 Å². The summed E-state index contributed by atoms with van der Waals surface area (Å²) in [6, 6.07) is 8.57. The molecule has 0 spiro atoms. The molecule has 1 aliphatic heterocycles. The minimum Gasteiger partial charge on any atom is -0.352 e. The summed E-state index contributed by atoms with van der Waals surface area (Å²) >= 11 is 0. The van der Waals surface area contributed by atoms with Crippen LogP contribution in [0.2, 0.25) is 0 Å². The van der Waals surface area contributed by atoms with Crippen LogP contribution in [0.4, 0.5) is 0 Å². The maximum atomic E-state index is 12.5. The highest BCUT2D eigenvalue weighted by Gasteiger charge is 2.14. The van der Waals surface area contributed by atoms with E-state index < -0.39 is 0 Å². The van der Waals surface area contributed by atoms with E-state index >= 15 is 0 Å². The van der Waals surface area contributed by atoms with Gasteiger partial charge in [-0.15, -0.1) is 0 Å². The molecule has 0 saturated carbocycles. The first-order chi connectivity index (χ1) is 14.1. The van der Waals surface area contributed by atoms with E-state index in [9.17, 15) is 4.79 Å². The summed E-state index contributed by atoms with van der Waals surface area (Å²) in [5, 5.41) is 7.20. The Morgan fingerprint density at radius 3 is 2.55 bits per heavy atom. The summed E-state index contributed by atoms with van der Waals surface area (Å²) in [4.78, 5) is 23.6. The van der Waals surface area contributed by atoms with Crippen molar-refractivity contribution in [1.82, 2.24) is 29.8 Å². The minimum absolute atomic E-state index is 0.0186. The minimum atomic E-state index is -0.0186. The highest BCUT2D eigenvalue weighted by atomic mass is 16.1. The van der Waals surface area contributed by atoms with Gasteiger partial charge in [0.25, 0.3) is 5.78 Å². The van der Waals surface area contributed by atoms with Crippen LogP contribution in [0.1, 0.15) is 47.3 Å². The summed E-state index contributed by atoms with van der Waals surface area (Å²) in [6.45, 7) is 7.80. The second-order valence-corrected chi connectivity index (χ2v) is 7.84. The van der Waals surface area contributed by atoms with Gasteiger partial charge in [-0.25, -0.2) is 9.50 Å². The number of carbonyl (C=O) groups is 1. The molecule has 29 heavy (non-hydrogen) atoms. The number of nitrogens with one attached hydrogen (secondary N) is 1. The Hall–Kier alpha value is -2.80. The molecule has 2 aromatic heterocycles. The molecule has 1 N–H and O–H groups in total. The normalized spacial score (nSPS) is 15.0. The smallest absolute Gasteiger partial charge is 0.252 e. The van der Waals surface area contributed by atoms with Crippen molar-refractivity contribution in [3.05, 3.63) is 58.7 Å². The molecule has 0 unspecified atom stereocenters. The SMILES string of the molecule is Cc1nc2ncnn2c(C)c1CC(=O)NCc1ccc(CN2CCCCC2)cc1. The molecule has 152 valence electrons. The van der Waals surface area contributed by atoms with E-state index in [0.717, 1.165) is 29.1 Å². The zero-order valence-electron chi connectivity index (χ0n) is 17.2. The van der Waals surface area contributed by atoms with E-state index in [-0.39, 0.29) is 12.3 Å². The van der Waals surface area contributed by atoms with Gasteiger partial charge < -0.3 is 5.32 Å². The van der Waals surface area contributed by atoms with Crippen molar-refractivity contribution in [3.8, 4) is 0 Å². The van der Waals surface area contributed by atoms with Gasteiger partial charge in [0, 0.05) is 30.0 Å². The van der Waals surface area contributed by atoms with Crippen molar-refractivity contribution in [1.29, 1.82) is 0 Å². The monoisotopic (exact) mass is 392 g/mol. The number of aromatic nitrogens is 4. The maximum Gasteiger partial charge on any atom is 0.252 e. The fourth-order valence-corrected chi connectivity index (χ4v) is 3.97. The van der Waals surface area contributed by atoms with Gasteiger partial charge in [-0.2, -0.15) is 10.1 Å². The molecule has 7 nitrogen and oxygen atoms in total. The van der Waals surface area contributed by atoms with Crippen LogP contribution in [0.25, 0.3) is 5.78 Å². The molecule has 0 aliphatic carbocycles. The van der Waals surface area contributed by atoms with Crippen molar-refractivity contribution >= 4 is 11.7 Å². The molecule has 3 aromatic rings. The average Bonchev–Trinajstić information content (AvgIpc) is 3.20. The van der Waals surface area contributed by atoms with Gasteiger partial charge >= 0.3 is 0 Å². The molecule has 0 radical (unpaired) electrons. The molecule has 0 atom stereocenters. The van der Waals surface area contributed by atoms with Crippen molar-refractivity contribution in [2.75, 3.05) is 13.1 Å². The van der Waals surface area contributed by atoms with Crippen molar-refractivity contribution in [2.24, 2.45) is 0 Å². The Labute approximate surface area is 171 Å². The van der Waals surface area contributed by atoms with Crippen molar-refractivity contribution < 1.29 is 4.79 Å². The number of nitrogens with zero attached hydrogens (tertiary/aromatic N) is 5. The van der Waals surface area contributed by atoms with Crippen molar-refractivity contribution in [3.63, 3.8) is 0 Å². The first-order valence-corrected chi connectivity index (χ1v) is 10.3. The van der Waals surface area contributed by atoms with Gasteiger partial charge in [0.1, 0.15) is 6.33 Å². The topological polar surface area (TPSA) is 75.4 Å². The molecule has 1 fully saturated rings. The Balaban J connectivity index is 1.32. The Kier molecular flexibility index (Phi) is 5.85. The number of piperidine rings is 1. The van der Waals surface area contributed by atoms with Gasteiger partial charge in [0.15, 0.2) is 0 Å². The Morgan fingerprint density at radius 1 is 1.07 bits per heavy atom.